The van der Waals surface area contributed by atoms with Crippen molar-refractivity contribution in [3.05, 3.63) is 18.0 Å². The Morgan fingerprint density at radius 1 is 1.16 bits per heavy atom. The normalized spacial score (nSPS) is 24.5. The number of carbonyl (C=O) groups is 3. The second-order valence-corrected chi connectivity index (χ2v) is 9.60. The van der Waals surface area contributed by atoms with Gasteiger partial charge in [-0.3, -0.25) is 9.59 Å². The molecule has 1 saturated carbocycles. The van der Waals surface area contributed by atoms with Crippen molar-refractivity contribution in [2.24, 2.45) is 0 Å². The molecule has 4 unspecified atom stereocenters. The summed E-state index contributed by atoms with van der Waals surface area (Å²) < 4.78 is 34.0. The lowest BCUT2D eigenvalue weighted by molar-refractivity contribution is -0.171. The first kappa shape index (κ1) is 29.6. The highest BCUT2D eigenvalue weighted by atomic mass is 16.7. The number of pyridine rings is 1. The van der Waals surface area contributed by atoms with Crippen LogP contribution in [-0.4, -0.2) is 73.8 Å². The number of esters is 2. The first-order valence-corrected chi connectivity index (χ1v) is 13.4. The summed E-state index contributed by atoms with van der Waals surface area (Å²) in [6, 6.07) is 0.604. The Bertz CT molecular complexity index is 935. The van der Waals surface area contributed by atoms with E-state index in [-0.39, 0.29) is 29.4 Å². The van der Waals surface area contributed by atoms with Gasteiger partial charge in [0.1, 0.15) is 18.2 Å². The molecule has 1 aliphatic heterocycles. The van der Waals surface area contributed by atoms with Gasteiger partial charge < -0.3 is 33.7 Å². The fraction of sp³-hybridized carbons (Fsp3) is 0.704. The van der Waals surface area contributed by atoms with Gasteiger partial charge in [-0.1, -0.05) is 19.8 Å². The van der Waals surface area contributed by atoms with Crippen LogP contribution in [-0.2, 0) is 28.5 Å². The lowest BCUT2D eigenvalue weighted by atomic mass is 10.0. The van der Waals surface area contributed by atoms with Gasteiger partial charge in [0, 0.05) is 25.8 Å². The van der Waals surface area contributed by atoms with Crippen LogP contribution in [0.15, 0.2) is 12.3 Å². The van der Waals surface area contributed by atoms with Crippen molar-refractivity contribution in [1.82, 2.24) is 10.3 Å². The molecule has 0 bridgehead atoms. The number of methoxy groups -OCH3 is 1. The molecule has 2 fully saturated rings. The Balaban J connectivity index is 1.74. The van der Waals surface area contributed by atoms with Crippen LogP contribution in [0.1, 0.15) is 82.6 Å². The second kappa shape index (κ2) is 14.9. The maximum absolute atomic E-state index is 13.2. The van der Waals surface area contributed by atoms with Gasteiger partial charge in [-0.15, -0.1) is 0 Å². The number of cyclic esters (lactones) is 1. The van der Waals surface area contributed by atoms with E-state index in [0.29, 0.717) is 25.9 Å². The maximum Gasteiger partial charge on any atom is 0.329 e. The van der Waals surface area contributed by atoms with Gasteiger partial charge >= 0.3 is 11.9 Å². The lowest BCUT2D eigenvalue weighted by Gasteiger charge is -2.32. The van der Waals surface area contributed by atoms with Crippen LogP contribution in [0.4, 0.5) is 0 Å². The van der Waals surface area contributed by atoms with Crippen molar-refractivity contribution in [3.8, 4) is 11.5 Å². The molecule has 11 heteroatoms. The molecule has 4 atom stereocenters. The van der Waals surface area contributed by atoms with Gasteiger partial charge in [0.2, 0.25) is 6.79 Å². The molecule has 1 N–H and O–H groups in total. The zero-order chi connectivity index (χ0) is 27.5. The molecule has 0 aromatic carbocycles. The van der Waals surface area contributed by atoms with Crippen molar-refractivity contribution in [1.29, 1.82) is 0 Å². The summed E-state index contributed by atoms with van der Waals surface area (Å²) in [4.78, 5) is 41.6. The van der Waals surface area contributed by atoms with Gasteiger partial charge in [-0.05, 0) is 45.4 Å². The van der Waals surface area contributed by atoms with E-state index in [1.54, 1.807) is 6.92 Å². The zero-order valence-electron chi connectivity index (χ0n) is 22.7. The second-order valence-electron chi connectivity index (χ2n) is 9.60. The van der Waals surface area contributed by atoms with Crippen molar-refractivity contribution >= 4 is 17.8 Å². The minimum Gasteiger partial charge on any atom is -0.493 e. The first-order chi connectivity index (χ1) is 18.3. The van der Waals surface area contributed by atoms with E-state index in [2.05, 4.69) is 10.3 Å². The molecular formula is C27H40N2O9. The molecule has 38 heavy (non-hydrogen) atoms. The Hall–Kier alpha value is -2.92. The summed E-state index contributed by atoms with van der Waals surface area (Å²) in [5, 5.41) is 2.74. The predicted octanol–water partition coefficient (Wildman–Crippen LogP) is 3.33. The highest BCUT2D eigenvalue weighted by molar-refractivity contribution is 5.98. The molecule has 0 radical (unpaired) electrons. The van der Waals surface area contributed by atoms with Crippen molar-refractivity contribution < 1.29 is 42.8 Å². The lowest BCUT2D eigenvalue weighted by Crippen LogP contribution is -2.46. The Labute approximate surface area is 223 Å². The molecule has 2 heterocycles. The van der Waals surface area contributed by atoms with E-state index in [9.17, 15) is 14.4 Å². The van der Waals surface area contributed by atoms with Crippen molar-refractivity contribution in [3.63, 3.8) is 0 Å². The molecule has 0 spiro atoms. The average Bonchev–Trinajstić information content (AvgIpc) is 3.41. The Morgan fingerprint density at radius 2 is 1.92 bits per heavy atom. The van der Waals surface area contributed by atoms with Gasteiger partial charge in [0.05, 0.1) is 19.3 Å². The average molecular weight is 537 g/mol. The standard InChI is InChI=1S/C27H40N2O9/c1-5-15-34-24-17(2)37-27(32)20(11-8-12-22(24)38-19-9-6-7-10-19)29-26(31)23-25(36-16-35-18(3)30)21(33-4)13-14-28-23/h13-14,17,19-20,22,24H,5-12,15-16H2,1-4H3,(H,29,31). The highest BCUT2D eigenvalue weighted by Crippen LogP contribution is 2.31. The summed E-state index contributed by atoms with van der Waals surface area (Å²) >= 11 is 0. The van der Waals surface area contributed by atoms with E-state index in [0.717, 1.165) is 32.1 Å². The zero-order valence-corrected chi connectivity index (χ0v) is 22.7. The number of amides is 1. The van der Waals surface area contributed by atoms with E-state index in [4.69, 9.17) is 28.4 Å². The number of carbonyl (C=O) groups excluding carboxylic acids is 3. The molecule has 2 aliphatic rings. The predicted molar refractivity (Wildman–Crippen MR) is 136 cm³/mol. The summed E-state index contributed by atoms with van der Waals surface area (Å²) in [5.74, 6) is -1.52. The van der Waals surface area contributed by atoms with Gasteiger partial charge in [-0.25, -0.2) is 9.78 Å². The van der Waals surface area contributed by atoms with Gasteiger partial charge in [0.15, 0.2) is 17.2 Å². The number of hydrogen-bond donors (Lipinski definition) is 1. The summed E-state index contributed by atoms with van der Waals surface area (Å²) in [6.07, 6.45) is 7.27. The smallest absolute Gasteiger partial charge is 0.329 e. The third-order valence-electron chi connectivity index (χ3n) is 6.66. The van der Waals surface area contributed by atoms with Gasteiger partial charge in [-0.2, -0.15) is 0 Å². The third kappa shape index (κ3) is 8.29. The van der Waals surface area contributed by atoms with Crippen molar-refractivity contribution in [2.45, 2.75) is 103 Å². The number of aromatic nitrogens is 1. The quantitative estimate of drug-likeness (QED) is 0.332. The van der Waals surface area contributed by atoms with Crippen LogP contribution in [0, 0.1) is 0 Å². The van der Waals surface area contributed by atoms with Crippen molar-refractivity contribution in [2.75, 3.05) is 20.5 Å². The van der Waals surface area contributed by atoms with E-state index in [1.807, 2.05) is 6.92 Å². The van der Waals surface area contributed by atoms with Crippen LogP contribution in [0.5, 0.6) is 11.5 Å². The summed E-state index contributed by atoms with van der Waals surface area (Å²) in [5.41, 5.74) is -0.108. The number of rotatable bonds is 11. The maximum atomic E-state index is 13.2. The van der Waals surface area contributed by atoms with Crippen LogP contribution in [0.3, 0.4) is 0 Å². The molecule has 1 saturated heterocycles. The fourth-order valence-electron chi connectivity index (χ4n) is 4.78. The largest absolute Gasteiger partial charge is 0.493 e. The minimum atomic E-state index is -0.906. The highest BCUT2D eigenvalue weighted by Gasteiger charge is 2.37. The summed E-state index contributed by atoms with van der Waals surface area (Å²) in [6.45, 7) is 5.18. The topological polar surface area (TPSA) is 132 Å². The molecule has 1 aromatic heterocycles. The number of nitrogens with one attached hydrogen (secondary N) is 1. The first-order valence-electron chi connectivity index (χ1n) is 13.4. The monoisotopic (exact) mass is 536 g/mol. The van der Waals surface area contributed by atoms with E-state index >= 15 is 0 Å². The van der Waals surface area contributed by atoms with E-state index < -0.39 is 42.9 Å². The molecule has 1 aliphatic carbocycles. The molecule has 212 valence electrons. The Morgan fingerprint density at radius 3 is 2.61 bits per heavy atom. The molecule has 3 rings (SSSR count). The van der Waals surface area contributed by atoms with Crippen LogP contribution < -0.4 is 14.8 Å². The number of ether oxygens (including phenoxy) is 6. The number of hydrogen-bond acceptors (Lipinski definition) is 10. The van der Waals surface area contributed by atoms with Crippen LogP contribution in [0.2, 0.25) is 0 Å². The minimum absolute atomic E-state index is 0.00314. The fourth-order valence-corrected chi connectivity index (χ4v) is 4.78. The van der Waals surface area contributed by atoms with Gasteiger partial charge in [0.25, 0.3) is 5.91 Å². The Kier molecular flexibility index (Phi) is 11.6. The third-order valence-corrected chi connectivity index (χ3v) is 6.66. The number of nitrogens with zero attached hydrogens (tertiary/aromatic N) is 1. The molecular weight excluding hydrogens is 496 g/mol. The van der Waals surface area contributed by atoms with Crippen LogP contribution >= 0.6 is 0 Å². The summed E-state index contributed by atoms with van der Waals surface area (Å²) in [7, 11) is 1.41. The molecule has 11 nitrogen and oxygen atoms in total. The van der Waals surface area contributed by atoms with Crippen LogP contribution in [0.25, 0.3) is 0 Å². The SMILES string of the molecule is CCCOC1C(C)OC(=O)C(NC(=O)c2nccc(OC)c2OCOC(C)=O)CCCC1OC1CCCC1. The molecule has 1 amide bonds. The van der Waals surface area contributed by atoms with E-state index in [1.165, 1.54) is 26.3 Å². The molecule has 1 aromatic rings.